The van der Waals surface area contributed by atoms with Gasteiger partial charge in [0.05, 0.1) is 11.4 Å². The van der Waals surface area contributed by atoms with Crippen LogP contribution in [-0.2, 0) is 0 Å². The van der Waals surface area contributed by atoms with Crippen LogP contribution in [0.15, 0.2) is 65.1 Å². The monoisotopic (exact) mass is 389 g/mol. The Morgan fingerprint density at radius 1 is 0.966 bits per heavy atom. The maximum Gasteiger partial charge on any atom is 0.291 e. The lowest BCUT2D eigenvalue weighted by Crippen LogP contribution is -2.46. The molecule has 148 valence electrons. The summed E-state index contributed by atoms with van der Waals surface area (Å²) in [5.41, 5.74) is 3.24. The number of furan rings is 1. The summed E-state index contributed by atoms with van der Waals surface area (Å²) in [7, 11) is 0. The Morgan fingerprint density at radius 2 is 1.69 bits per heavy atom. The smallest absolute Gasteiger partial charge is 0.291 e. The summed E-state index contributed by atoms with van der Waals surface area (Å²) < 4.78 is 5.42. The number of aldehydes is 1. The van der Waals surface area contributed by atoms with Crippen molar-refractivity contribution in [3.63, 3.8) is 0 Å². The Balaban J connectivity index is 1.53. The number of hydrogen-bond acceptors (Lipinski definition) is 5. The topological polar surface area (TPSA) is 65.8 Å². The molecule has 1 aromatic heterocycles. The standard InChI is InChI=1S/C23H23N3O3/c1-17-7-10-22(29-17)23(28)24-20-15-18(16-27)8-9-21(20)26-13-11-25(12-14-26)19-5-3-2-4-6-19/h2-10,15-16H,11-14H2,1H3,(H,24,28). The molecule has 4 rings (SSSR count). The number of piperazine rings is 1. The number of aryl methyl sites for hydroxylation is 1. The third-order valence-electron chi connectivity index (χ3n) is 5.11. The predicted octanol–water partition coefficient (Wildman–Crippen LogP) is 3.98. The van der Waals surface area contributed by atoms with E-state index in [0.29, 0.717) is 17.0 Å². The number of hydrogen-bond donors (Lipinski definition) is 1. The fraction of sp³-hybridized carbons (Fsp3) is 0.217. The summed E-state index contributed by atoms with van der Waals surface area (Å²) in [6.07, 6.45) is 0.782. The molecule has 0 spiro atoms. The number of rotatable bonds is 5. The zero-order valence-corrected chi connectivity index (χ0v) is 16.3. The Morgan fingerprint density at radius 3 is 2.34 bits per heavy atom. The molecule has 3 aromatic rings. The van der Waals surface area contributed by atoms with Crippen molar-refractivity contribution in [2.24, 2.45) is 0 Å². The molecule has 0 aliphatic carbocycles. The zero-order valence-electron chi connectivity index (χ0n) is 16.3. The lowest BCUT2D eigenvalue weighted by molar-refractivity contribution is 0.0995. The molecule has 6 heteroatoms. The minimum absolute atomic E-state index is 0.249. The summed E-state index contributed by atoms with van der Waals surface area (Å²) in [5.74, 6) is 0.596. The van der Waals surface area contributed by atoms with Crippen LogP contribution in [0, 0.1) is 6.92 Å². The van der Waals surface area contributed by atoms with Crippen molar-refractivity contribution >= 4 is 29.3 Å². The van der Waals surface area contributed by atoms with E-state index in [1.165, 1.54) is 5.69 Å². The minimum atomic E-state index is -0.328. The first-order valence-electron chi connectivity index (χ1n) is 9.66. The van der Waals surface area contributed by atoms with Gasteiger partial charge in [0, 0.05) is 37.4 Å². The molecular weight excluding hydrogens is 366 g/mol. The molecule has 0 unspecified atom stereocenters. The largest absolute Gasteiger partial charge is 0.456 e. The van der Waals surface area contributed by atoms with E-state index in [-0.39, 0.29) is 11.7 Å². The van der Waals surface area contributed by atoms with E-state index in [0.717, 1.165) is 38.2 Å². The number of carbonyl (C=O) groups is 2. The van der Waals surface area contributed by atoms with Gasteiger partial charge in [-0.05, 0) is 49.4 Å². The van der Waals surface area contributed by atoms with Gasteiger partial charge in [0.25, 0.3) is 5.91 Å². The Hall–Kier alpha value is -3.54. The highest BCUT2D eigenvalue weighted by Gasteiger charge is 2.21. The second-order valence-electron chi connectivity index (χ2n) is 7.07. The average molecular weight is 389 g/mol. The second kappa shape index (κ2) is 8.22. The highest BCUT2D eigenvalue weighted by molar-refractivity contribution is 6.04. The van der Waals surface area contributed by atoms with Crippen molar-refractivity contribution in [2.75, 3.05) is 41.3 Å². The molecule has 0 radical (unpaired) electrons. The van der Waals surface area contributed by atoms with Crippen LogP contribution in [-0.4, -0.2) is 38.4 Å². The Kier molecular flexibility index (Phi) is 5.33. The molecule has 29 heavy (non-hydrogen) atoms. The van der Waals surface area contributed by atoms with E-state index >= 15 is 0 Å². The van der Waals surface area contributed by atoms with Gasteiger partial charge in [-0.3, -0.25) is 9.59 Å². The van der Waals surface area contributed by atoms with Crippen LogP contribution < -0.4 is 15.1 Å². The summed E-state index contributed by atoms with van der Waals surface area (Å²) in [5, 5.41) is 2.91. The number of para-hydroxylation sites is 1. The quantitative estimate of drug-likeness (QED) is 0.669. The van der Waals surface area contributed by atoms with Gasteiger partial charge in [0.15, 0.2) is 5.76 Å². The van der Waals surface area contributed by atoms with Crippen molar-refractivity contribution in [3.05, 3.63) is 77.7 Å². The number of nitrogens with zero attached hydrogens (tertiary/aromatic N) is 2. The fourth-order valence-corrected chi connectivity index (χ4v) is 3.59. The minimum Gasteiger partial charge on any atom is -0.456 e. The van der Waals surface area contributed by atoms with Crippen LogP contribution in [0.2, 0.25) is 0 Å². The van der Waals surface area contributed by atoms with E-state index in [1.807, 2.05) is 24.3 Å². The molecule has 2 aromatic carbocycles. The normalized spacial score (nSPS) is 14.0. The highest BCUT2D eigenvalue weighted by atomic mass is 16.3. The molecule has 0 atom stereocenters. The lowest BCUT2D eigenvalue weighted by Gasteiger charge is -2.38. The summed E-state index contributed by atoms with van der Waals surface area (Å²) in [4.78, 5) is 28.4. The number of carbonyl (C=O) groups excluding carboxylic acids is 2. The van der Waals surface area contributed by atoms with Crippen molar-refractivity contribution in [1.82, 2.24) is 0 Å². The van der Waals surface area contributed by atoms with E-state index in [9.17, 15) is 9.59 Å². The Bertz CT molecular complexity index is 1010. The van der Waals surface area contributed by atoms with Crippen LogP contribution >= 0.6 is 0 Å². The summed E-state index contributed by atoms with van der Waals surface area (Å²) >= 11 is 0. The third-order valence-corrected chi connectivity index (χ3v) is 5.11. The van der Waals surface area contributed by atoms with Gasteiger partial charge < -0.3 is 19.5 Å². The molecule has 2 heterocycles. The molecule has 1 fully saturated rings. The van der Waals surface area contributed by atoms with Crippen molar-refractivity contribution in [3.8, 4) is 0 Å². The number of anilines is 3. The third kappa shape index (κ3) is 4.16. The highest BCUT2D eigenvalue weighted by Crippen LogP contribution is 2.29. The van der Waals surface area contributed by atoms with Crippen LogP contribution in [0.1, 0.15) is 26.7 Å². The van der Waals surface area contributed by atoms with Crippen LogP contribution in [0.25, 0.3) is 0 Å². The van der Waals surface area contributed by atoms with Crippen molar-refractivity contribution in [1.29, 1.82) is 0 Å². The van der Waals surface area contributed by atoms with Gasteiger partial charge in [0.2, 0.25) is 0 Å². The summed E-state index contributed by atoms with van der Waals surface area (Å²) in [6, 6.07) is 19.1. The number of benzene rings is 2. The van der Waals surface area contributed by atoms with E-state index in [2.05, 4.69) is 27.2 Å². The lowest BCUT2D eigenvalue weighted by atomic mass is 10.1. The van der Waals surface area contributed by atoms with Crippen LogP contribution in [0.4, 0.5) is 17.1 Å². The van der Waals surface area contributed by atoms with Gasteiger partial charge in [-0.2, -0.15) is 0 Å². The van der Waals surface area contributed by atoms with Crippen LogP contribution in [0.5, 0.6) is 0 Å². The maximum absolute atomic E-state index is 12.6. The van der Waals surface area contributed by atoms with E-state index in [1.54, 1.807) is 31.2 Å². The zero-order chi connectivity index (χ0) is 20.2. The van der Waals surface area contributed by atoms with Crippen molar-refractivity contribution < 1.29 is 14.0 Å². The second-order valence-corrected chi connectivity index (χ2v) is 7.07. The van der Waals surface area contributed by atoms with Crippen LogP contribution in [0.3, 0.4) is 0 Å². The maximum atomic E-state index is 12.6. The molecule has 0 bridgehead atoms. The molecule has 1 aliphatic heterocycles. The van der Waals surface area contributed by atoms with Gasteiger partial charge in [-0.15, -0.1) is 0 Å². The molecule has 0 saturated carbocycles. The van der Waals surface area contributed by atoms with E-state index in [4.69, 9.17) is 4.42 Å². The van der Waals surface area contributed by atoms with E-state index < -0.39 is 0 Å². The summed E-state index contributed by atoms with van der Waals surface area (Å²) in [6.45, 7) is 5.19. The molecule has 1 aliphatic rings. The van der Waals surface area contributed by atoms with Gasteiger partial charge in [0.1, 0.15) is 12.0 Å². The first kappa shape index (κ1) is 18.8. The van der Waals surface area contributed by atoms with Gasteiger partial charge in [-0.1, -0.05) is 18.2 Å². The fourth-order valence-electron chi connectivity index (χ4n) is 3.59. The first-order chi connectivity index (χ1) is 14.1. The molecule has 1 amide bonds. The Labute approximate surface area is 169 Å². The van der Waals surface area contributed by atoms with Gasteiger partial charge >= 0.3 is 0 Å². The average Bonchev–Trinajstić information content (AvgIpc) is 3.21. The molecule has 6 nitrogen and oxygen atoms in total. The van der Waals surface area contributed by atoms with Crippen molar-refractivity contribution in [2.45, 2.75) is 6.92 Å². The molecule has 1 saturated heterocycles. The predicted molar refractivity (Wildman–Crippen MR) is 114 cm³/mol. The number of amides is 1. The number of nitrogens with one attached hydrogen (secondary N) is 1. The first-order valence-corrected chi connectivity index (χ1v) is 9.66. The van der Waals surface area contributed by atoms with Gasteiger partial charge in [-0.25, -0.2) is 0 Å². The SMILES string of the molecule is Cc1ccc(C(=O)Nc2cc(C=O)ccc2N2CCN(c3ccccc3)CC2)o1. The molecular formula is C23H23N3O3. The molecule has 1 N–H and O–H groups in total.